The topological polar surface area (TPSA) is 26.8 Å². The molecule has 2 aliphatic heterocycles. The summed E-state index contributed by atoms with van der Waals surface area (Å²) in [6.07, 6.45) is -3.49. The number of hydrogen-bond donors (Lipinski definition) is 0. The fourth-order valence-corrected chi connectivity index (χ4v) is 3.31. The van der Waals surface area contributed by atoms with Crippen molar-refractivity contribution in [1.82, 2.24) is 9.80 Å². The summed E-state index contributed by atoms with van der Waals surface area (Å²) in [5.41, 5.74) is -0.0284. The molecular formula is C16H20F3N3O. The van der Waals surface area contributed by atoms with E-state index in [-0.39, 0.29) is 11.9 Å². The van der Waals surface area contributed by atoms with E-state index in [0.29, 0.717) is 31.9 Å². The van der Waals surface area contributed by atoms with Gasteiger partial charge in [-0.05, 0) is 24.6 Å². The van der Waals surface area contributed by atoms with Crippen molar-refractivity contribution in [1.29, 1.82) is 0 Å². The van der Waals surface area contributed by atoms with E-state index in [2.05, 4.69) is 4.90 Å². The van der Waals surface area contributed by atoms with Crippen LogP contribution in [-0.4, -0.2) is 61.5 Å². The van der Waals surface area contributed by atoms with E-state index in [9.17, 15) is 18.0 Å². The summed E-state index contributed by atoms with van der Waals surface area (Å²) in [5.74, 6) is 0.150. The van der Waals surface area contributed by atoms with Crippen molar-refractivity contribution in [2.75, 3.05) is 44.7 Å². The highest BCUT2D eigenvalue weighted by Crippen LogP contribution is 2.32. The van der Waals surface area contributed by atoms with E-state index in [1.54, 1.807) is 18.0 Å². The van der Waals surface area contributed by atoms with E-state index in [1.807, 2.05) is 4.90 Å². The van der Waals surface area contributed by atoms with Crippen LogP contribution in [0, 0.1) is 0 Å². The third-order valence-electron chi connectivity index (χ3n) is 4.69. The normalized spacial score (nSPS) is 23.7. The van der Waals surface area contributed by atoms with Crippen molar-refractivity contribution in [2.24, 2.45) is 0 Å². The number of carbonyl (C=O) groups excluding carboxylic acids is 1. The molecule has 0 spiro atoms. The van der Waals surface area contributed by atoms with Crippen LogP contribution in [0.3, 0.4) is 0 Å². The zero-order valence-corrected chi connectivity index (χ0v) is 13.0. The first kappa shape index (κ1) is 16.1. The zero-order valence-electron chi connectivity index (χ0n) is 13.0. The maximum Gasteiger partial charge on any atom is 0.416 e. The lowest BCUT2D eigenvalue weighted by molar-refractivity contribution is -0.137. The standard InChI is InChI=1S/C16H20F3N3O/c1-20-6-5-14(15(20)23)22-9-7-21(8-10-22)13-4-2-3-12(11-13)16(17,18)19/h2-4,11,14H,5-10H2,1H3. The van der Waals surface area contributed by atoms with Crippen molar-refractivity contribution >= 4 is 11.6 Å². The molecule has 1 aromatic rings. The Balaban J connectivity index is 1.64. The Labute approximate surface area is 133 Å². The number of benzene rings is 1. The Morgan fingerprint density at radius 1 is 1.09 bits per heavy atom. The SMILES string of the molecule is CN1CCC(N2CCN(c3cccc(C(F)(F)F)c3)CC2)C1=O. The number of likely N-dealkylation sites (tertiary alicyclic amines) is 1. The summed E-state index contributed by atoms with van der Waals surface area (Å²) in [7, 11) is 1.81. The van der Waals surface area contributed by atoms with E-state index < -0.39 is 11.7 Å². The molecule has 0 saturated carbocycles. The molecule has 1 atom stereocenters. The molecule has 1 aromatic carbocycles. The maximum atomic E-state index is 12.8. The van der Waals surface area contributed by atoms with E-state index in [4.69, 9.17) is 0 Å². The molecule has 2 fully saturated rings. The molecule has 2 saturated heterocycles. The molecule has 7 heteroatoms. The van der Waals surface area contributed by atoms with Crippen LogP contribution in [0.4, 0.5) is 18.9 Å². The van der Waals surface area contributed by atoms with Crippen LogP contribution in [-0.2, 0) is 11.0 Å². The average Bonchev–Trinajstić information content (AvgIpc) is 2.86. The molecule has 0 aromatic heterocycles. The fraction of sp³-hybridized carbons (Fsp3) is 0.562. The molecule has 23 heavy (non-hydrogen) atoms. The Hall–Kier alpha value is -1.76. The number of carbonyl (C=O) groups is 1. The predicted molar refractivity (Wildman–Crippen MR) is 81.3 cm³/mol. The van der Waals surface area contributed by atoms with Gasteiger partial charge in [-0.15, -0.1) is 0 Å². The van der Waals surface area contributed by atoms with Gasteiger partial charge in [0.05, 0.1) is 11.6 Å². The van der Waals surface area contributed by atoms with Crippen LogP contribution in [0.1, 0.15) is 12.0 Å². The van der Waals surface area contributed by atoms with Gasteiger partial charge in [0.25, 0.3) is 0 Å². The van der Waals surface area contributed by atoms with Crippen LogP contribution in [0.5, 0.6) is 0 Å². The second kappa shape index (κ2) is 6.03. The van der Waals surface area contributed by atoms with Gasteiger partial charge in [0, 0.05) is 45.5 Å². The van der Waals surface area contributed by atoms with Gasteiger partial charge in [0.1, 0.15) is 0 Å². The summed E-state index contributed by atoms with van der Waals surface area (Å²) in [6, 6.07) is 5.37. The molecule has 0 bridgehead atoms. The van der Waals surface area contributed by atoms with Gasteiger partial charge in [-0.1, -0.05) is 6.07 Å². The Kier molecular flexibility index (Phi) is 4.23. The van der Waals surface area contributed by atoms with Crippen LogP contribution < -0.4 is 4.90 Å². The van der Waals surface area contributed by atoms with Crippen molar-refractivity contribution in [3.8, 4) is 0 Å². The van der Waals surface area contributed by atoms with Gasteiger partial charge < -0.3 is 9.80 Å². The zero-order chi connectivity index (χ0) is 16.6. The number of likely N-dealkylation sites (N-methyl/N-ethyl adjacent to an activating group) is 1. The quantitative estimate of drug-likeness (QED) is 0.832. The number of hydrogen-bond acceptors (Lipinski definition) is 3. The summed E-state index contributed by atoms with van der Waals surface area (Å²) in [4.78, 5) is 17.9. The third kappa shape index (κ3) is 3.29. The number of rotatable bonds is 2. The van der Waals surface area contributed by atoms with Crippen molar-refractivity contribution in [3.05, 3.63) is 29.8 Å². The number of nitrogens with zero attached hydrogens (tertiary/aromatic N) is 3. The van der Waals surface area contributed by atoms with Gasteiger partial charge in [-0.3, -0.25) is 9.69 Å². The van der Waals surface area contributed by atoms with E-state index in [1.165, 1.54) is 12.1 Å². The second-order valence-corrected chi connectivity index (χ2v) is 6.14. The molecule has 1 amide bonds. The van der Waals surface area contributed by atoms with Gasteiger partial charge in [-0.25, -0.2) is 0 Å². The predicted octanol–water partition coefficient (Wildman–Crippen LogP) is 2.06. The number of alkyl halides is 3. The second-order valence-electron chi connectivity index (χ2n) is 6.14. The highest BCUT2D eigenvalue weighted by Gasteiger charge is 2.36. The summed E-state index contributed by atoms with van der Waals surface area (Å²) in [5, 5.41) is 0. The van der Waals surface area contributed by atoms with Crippen molar-refractivity contribution < 1.29 is 18.0 Å². The average molecular weight is 327 g/mol. The smallest absolute Gasteiger partial charge is 0.369 e. The van der Waals surface area contributed by atoms with Crippen molar-refractivity contribution in [3.63, 3.8) is 0 Å². The maximum absolute atomic E-state index is 12.8. The summed E-state index contributed by atoms with van der Waals surface area (Å²) >= 11 is 0. The lowest BCUT2D eigenvalue weighted by atomic mass is 10.1. The monoisotopic (exact) mass is 327 g/mol. The van der Waals surface area contributed by atoms with Crippen molar-refractivity contribution in [2.45, 2.75) is 18.6 Å². The number of amides is 1. The Morgan fingerprint density at radius 2 is 1.78 bits per heavy atom. The minimum Gasteiger partial charge on any atom is -0.369 e. The molecule has 126 valence electrons. The number of piperazine rings is 1. The highest BCUT2D eigenvalue weighted by atomic mass is 19.4. The minimum atomic E-state index is -4.32. The molecule has 2 heterocycles. The van der Waals surface area contributed by atoms with Crippen LogP contribution >= 0.6 is 0 Å². The molecule has 0 aliphatic carbocycles. The number of anilines is 1. The molecule has 0 radical (unpaired) electrons. The Bertz CT molecular complexity index is 582. The molecule has 2 aliphatic rings. The first-order valence-corrected chi connectivity index (χ1v) is 7.77. The van der Waals surface area contributed by atoms with Gasteiger partial charge in [0.2, 0.25) is 5.91 Å². The van der Waals surface area contributed by atoms with Gasteiger partial charge in [0.15, 0.2) is 0 Å². The molecule has 3 rings (SSSR count). The summed E-state index contributed by atoms with van der Waals surface area (Å²) in [6.45, 7) is 3.43. The van der Waals surface area contributed by atoms with Crippen LogP contribution in [0.25, 0.3) is 0 Å². The van der Waals surface area contributed by atoms with Crippen LogP contribution in [0.2, 0.25) is 0 Å². The first-order valence-electron chi connectivity index (χ1n) is 7.77. The summed E-state index contributed by atoms with van der Waals surface area (Å²) < 4.78 is 38.4. The molecular weight excluding hydrogens is 307 g/mol. The van der Waals surface area contributed by atoms with Crippen LogP contribution in [0.15, 0.2) is 24.3 Å². The largest absolute Gasteiger partial charge is 0.416 e. The lowest BCUT2D eigenvalue weighted by Crippen LogP contribution is -2.52. The first-order chi connectivity index (χ1) is 10.9. The number of halogens is 3. The van der Waals surface area contributed by atoms with E-state index in [0.717, 1.165) is 19.0 Å². The van der Waals surface area contributed by atoms with E-state index >= 15 is 0 Å². The molecule has 1 unspecified atom stereocenters. The molecule has 4 nitrogen and oxygen atoms in total. The fourth-order valence-electron chi connectivity index (χ4n) is 3.31. The molecule has 0 N–H and O–H groups in total. The van der Waals surface area contributed by atoms with Gasteiger partial charge in [-0.2, -0.15) is 13.2 Å². The third-order valence-corrected chi connectivity index (χ3v) is 4.69. The van der Waals surface area contributed by atoms with Gasteiger partial charge >= 0.3 is 6.18 Å². The lowest BCUT2D eigenvalue weighted by Gasteiger charge is -2.38. The Morgan fingerprint density at radius 3 is 2.35 bits per heavy atom. The minimum absolute atomic E-state index is 0.0661. The highest BCUT2D eigenvalue weighted by molar-refractivity contribution is 5.83.